The van der Waals surface area contributed by atoms with Gasteiger partial charge in [0.15, 0.2) is 21.7 Å². The van der Waals surface area contributed by atoms with E-state index in [9.17, 15) is 42.7 Å². The van der Waals surface area contributed by atoms with E-state index < -0.39 is 47.7 Å². The van der Waals surface area contributed by atoms with Crippen LogP contribution in [0.1, 0.15) is 59.9 Å². The zero-order chi connectivity index (χ0) is 65.9. The summed E-state index contributed by atoms with van der Waals surface area (Å²) in [5, 5.41) is 21.6. The molecule has 0 aliphatic carbocycles. The molecule has 6 saturated heterocycles. The van der Waals surface area contributed by atoms with E-state index in [1.54, 1.807) is 19.5 Å². The van der Waals surface area contributed by atoms with Crippen molar-refractivity contribution in [1.29, 1.82) is 0 Å². The summed E-state index contributed by atoms with van der Waals surface area (Å²) in [5.41, 5.74) is 2.59. The number of thiazole rings is 2. The van der Waals surface area contributed by atoms with Gasteiger partial charge in [-0.2, -0.15) is 0 Å². The summed E-state index contributed by atoms with van der Waals surface area (Å²) in [4.78, 5) is 113. The molecule has 2 aromatic carbocycles. The van der Waals surface area contributed by atoms with Crippen molar-refractivity contribution in [3.63, 3.8) is 0 Å². The number of nitrogens with one attached hydrogen (secondary N) is 2. The molecule has 2 aromatic heterocycles. The summed E-state index contributed by atoms with van der Waals surface area (Å²) in [6.07, 6.45) is 4.23. The maximum absolute atomic E-state index is 14.0. The number of hydrogen-bond acceptors (Lipinski definition) is 22. The molecule has 3 N–H and O–H groups in total. The molecule has 12 rings (SSSR count). The maximum Gasteiger partial charge on any atom is 0.338 e. The number of amides is 4. The Morgan fingerprint density at radius 3 is 1.52 bits per heavy atom. The largest absolute Gasteiger partial charge is 0.480 e. The minimum Gasteiger partial charge on any atom is -0.480 e. The highest BCUT2D eigenvalue weighted by Gasteiger charge is 2.51. The van der Waals surface area contributed by atoms with Gasteiger partial charge in [0.05, 0.1) is 51.2 Å². The number of esters is 3. The number of piperazine rings is 2. The maximum atomic E-state index is 14.0. The molecule has 4 amide bonds. The molecule has 0 spiro atoms. The molecule has 25 nitrogen and oxygen atoms in total. The lowest BCUT2D eigenvalue weighted by molar-refractivity contribution is -0.146. The fraction of sp³-hybridized carbons (Fsp3) is 0.516. The standard InChI is InChI=1S/C32H39ClFN7O5S.C30H35ClFN7O6S/c1-18(2)13-39-15-20(12-25(39)30(42)45-3)41-16-21-14-38(8-9-40(21)32(41)44)17-24-26(31(43)46-4)27(22-6-5-19(34)11-23(22)33)37-28(36-24)29-35-7-10-47-29;1-44-9-8-37-14-18(12-23(37)28(40)41)39-15-19-13-36(6-7-38(19)30(39)43)16-22-24(29(42)45-2)25(20-4-3-17(32)11-21(20)31)35-26(34-22)27-33-5-10-46-27/h5-7,10-11,18,20-21,25,27H,8-9,12-17H2,1-4H3,(H,36,37);3-5,10-11,18-19,23,25H,6-9,12-16H2,1-2H3,(H,34,35)(H,40,41)/t20-,21-,25+,27-;18-,19-,23+,25-/m00/s1. The summed E-state index contributed by atoms with van der Waals surface area (Å²) in [6, 6.07) is 4.68. The van der Waals surface area contributed by atoms with Crippen LogP contribution in [-0.2, 0) is 38.1 Å². The summed E-state index contributed by atoms with van der Waals surface area (Å²) in [5.74, 6) is -2.04. The van der Waals surface area contributed by atoms with Crippen LogP contribution < -0.4 is 10.6 Å². The van der Waals surface area contributed by atoms with Crippen LogP contribution in [0.25, 0.3) is 0 Å². The van der Waals surface area contributed by atoms with Crippen molar-refractivity contribution in [2.75, 3.05) is 127 Å². The average Bonchev–Trinajstić information content (AvgIpc) is 1.80. The second-order valence-corrected chi connectivity index (χ2v) is 26.9. The molecule has 93 heavy (non-hydrogen) atoms. The van der Waals surface area contributed by atoms with Gasteiger partial charge < -0.3 is 54.3 Å². The molecule has 498 valence electrons. The number of benzene rings is 2. The molecule has 8 aliphatic heterocycles. The van der Waals surface area contributed by atoms with Crippen molar-refractivity contribution in [2.45, 2.75) is 75.0 Å². The van der Waals surface area contributed by atoms with Crippen LogP contribution in [0.15, 0.2) is 92.1 Å². The molecule has 6 fully saturated rings. The average molecular weight is 1360 g/mol. The Hall–Kier alpha value is -7.22. The van der Waals surface area contributed by atoms with E-state index in [2.05, 4.69) is 49.1 Å². The molecule has 8 aliphatic rings. The molecule has 0 radical (unpaired) electrons. The molecular formula is C62H74Cl2F2N14O11S2. The second-order valence-electron chi connectivity index (χ2n) is 24.3. The Kier molecular flexibility index (Phi) is 21.1. The first-order chi connectivity index (χ1) is 44.7. The van der Waals surface area contributed by atoms with Gasteiger partial charge in [-0.05, 0) is 43.0 Å². The normalized spacial score (nSPS) is 25.4. The number of carbonyl (C=O) groups is 6. The number of ether oxygens (including phenoxy) is 4. The van der Waals surface area contributed by atoms with Crippen molar-refractivity contribution in [3.05, 3.63) is 125 Å². The zero-order valence-electron chi connectivity index (χ0n) is 52.2. The predicted octanol–water partition coefficient (Wildman–Crippen LogP) is 5.20. The number of hydrogen-bond donors (Lipinski definition) is 3. The number of halogens is 4. The molecule has 0 bridgehead atoms. The minimum absolute atomic E-state index is 0.0101. The van der Waals surface area contributed by atoms with Crippen LogP contribution in [0.3, 0.4) is 0 Å². The SMILES string of the molecule is COC(=O)C1=C(CN2CCN3C(=O)N([C@H]4C[C@H](C(=O)OC)N(CC(C)C)C4)C[C@@H]3C2)NC(c2nccs2)=N[C@H]1c1ccc(F)cc1Cl.COCCN1C[C@@H](N2C[C@@H]3CN(CC4=C(C(=O)OC)[C@H](c5ccc(F)cc5Cl)N=C(c5nccs5)N4)CCN3C2=O)C[C@@H]1C(=O)O. The van der Waals surface area contributed by atoms with E-state index in [4.69, 9.17) is 52.1 Å². The molecular weight excluding hydrogens is 1290 g/mol. The fourth-order valence-corrected chi connectivity index (χ4v) is 15.6. The Bertz CT molecular complexity index is 3600. The van der Waals surface area contributed by atoms with Crippen LogP contribution in [0.4, 0.5) is 18.4 Å². The van der Waals surface area contributed by atoms with E-state index >= 15 is 0 Å². The molecule has 0 saturated carbocycles. The Morgan fingerprint density at radius 1 is 0.634 bits per heavy atom. The summed E-state index contributed by atoms with van der Waals surface area (Å²) in [6.45, 7) is 11.9. The van der Waals surface area contributed by atoms with Crippen molar-refractivity contribution < 1.29 is 61.6 Å². The highest BCUT2D eigenvalue weighted by Crippen LogP contribution is 2.40. The van der Waals surface area contributed by atoms with Crippen molar-refractivity contribution in [2.24, 2.45) is 15.9 Å². The summed E-state index contributed by atoms with van der Waals surface area (Å²) < 4.78 is 48.7. The number of nitrogens with zero attached hydrogens (tertiary/aromatic N) is 12. The van der Waals surface area contributed by atoms with E-state index in [1.165, 1.54) is 80.4 Å². The van der Waals surface area contributed by atoms with Crippen molar-refractivity contribution in [3.8, 4) is 0 Å². The lowest BCUT2D eigenvalue weighted by Crippen LogP contribution is -2.53. The van der Waals surface area contributed by atoms with E-state index in [1.807, 2.05) is 35.3 Å². The van der Waals surface area contributed by atoms with E-state index in [0.717, 1.165) is 6.54 Å². The first-order valence-corrected chi connectivity index (χ1v) is 33.2. The number of rotatable bonds is 19. The van der Waals surface area contributed by atoms with E-state index in [0.29, 0.717) is 155 Å². The number of likely N-dealkylation sites (tertiary alicyclic amines) is 2. The quantitative estimate of drug-likeness (QED) is 0.0805. The number of carboxylic acid groups (broad SMARTS) is 1. The number of aromatic nitrogens is 2. The minimum atomic E-state index is -0.898. The fourth-order valence-electron chi connectivity index (χ4n) is 13.9. The third-order valence-electron chi connectivity index (χ3n) is 18.1. The van der Waals surface area contributed by atoms with Crippen LogP contribution in [0.2, 0.25) is 10.0 Å². The Morgan fingerprint density at radius 2 is 1.11 bits per heavy atom. The zero-order valence-corrected chi connectivity index (χ0v) is 55.4. The second kappa shape index (κ2) is 29.2. The van der Waals surface area contributed by atoms with Gasteiger partial charge in [0, 0.05) is 167 Å². The molecule has 0 unspecified atom stereocenters. The lowest BCUT2D eigenvalue weighted by atomic mass is 9.95. The third-order valence-corrected chi connectivity index (χ3v) is 20.3. The number of fused-ring (bicyclic) bond motifs is 2. The van der Waals surface area contributed by atoms with Crippen molar-refractivity contribution in [1.82, 2.24) is 59.8 Å². The predicted molar refractivity (Wildman–Crippen MR) is 342 cm³/mol. The van der Waals surface area contributed by atoms with Crippen LogP contribution in [0.5, 0.6) is 0 Å². The highest BCUT2D eigenvalue weighted by molar-refractivity contribution is 7.12. The van der Waals surface area contributed by atoms with Gasteiger partial charge >= 0.3 is 35.9 Å². The number of methoxy groups -OCH3 is 4. The van der Waals surface area contributed by atoms with Gasteiger partial charge in [-0.1, -0.05) is 49.2 Å². The van der Waals surface area contributed by atoms with Crippen LogP contribution >= 0.6 is 45.9 Å². The number of carboxylic acids is 1. The first-order valence-electron chi connectivity index (χ1n) is 30.6. The third kappa shape index (κ3) is 14.4. The topological polar surface area (TPSA) is 260 Å². The highest BCUT2D eigenvalue weighted by atomic mass is 35.5. The molecule has 31 heteroatoms. The van der Waals surface area contributed by atoms with Crippen LogP contribution in [0, 0.1) is 17.6 Å². The van der Waals surface area contributed by atoms with Crippen LogP contribution in [-0.4, -0.2) is 265 Å². The summed E-state index contributed by atoms with van der Waals surface area (Å²) >= 11 is 15.8. The molecule has 10 heterocycles. The van der Waals surface area contributed by atoms with Gasteiger partial charge in [0.2, 0.25) is 0 Å². The monoisotopic (exact) mass is 1360 g/mol. The Labute approximate surface area is 554 Å². The smallest absolute Gasteiger partial charge is 0.338 e. The van der Waals surface area contributed by atoms with Gasteiger partial charge in [-0.3, -0.25) is 39.2 Å². The molecule has 8 atom stereocenters. The van der Waals surface area contributed by atoms with Gasteiger partial charge in [0.1, 0.15) is 35.8 Å². The number of aliphatic carboxylic acids is 1. The van der Waals surface area contributed by atoms with E-state index in [-0.39, 0.29) is 69.4 Å². The van der Waals surface area contributed by atoms with Gasteiger partial charge in [-0.25, -0.2) is 37.9 Å². The van der Waals surface area contributed by atoms with Gasteiger partial charge in [0.25, 0.3) is 0 Å². The summed E-state index contributed by atoms with van der Waals surface area (Å²) in [7, 11) is 5.59. The first kappa shape index (κ1) is 67.2. The Balaban J connectivity index is 0.000000190. The number of carbonyl (C=O) groups excluding carboxylic acids is 5. The molecule has 4 aromatic rings. The lowest BCUT2D eigenvalue weighted by Gasteiger charge is -2.38. The number of urea groups is 2. The number of amidine groups is 2. The van der Waals surface area contributed by atoms with Gasteiger partial charge in [-0.15, -0.1) is 22.7 Å². The number of aliphatic imine (C=N–C) groups is 2. The van der Waals surface area contributed by atoms with Crippen molar-refractivity contribution >= 4 is 93.5 Å².